The molecule has 10 heteroatoms. The minimum absolute atomic E-state index is 0.139. The first-order valence-electron chi connectivity index (χ1n) is 12.9. The SMILES string of the molecule is COC/C=C/C[C@@](O)(CC(=O)OC)C(=O)O[C@@H]1C(OC)=C[C@]23CCCN2CCc2cc4c(cc2C13)OCO4. The number of carbonyl (C=O) groups is 2. The van der Waals surface area contributed by atoms with Crippen molar-refractivity contribution in [2.75, 3.05) is 47.8 Å². The molecule has 206 valence electrons. The summed E-state index contributed by atoms with van der Waals surface area (Å²) in [6, 6.07) is 4.01. The third-order valence-corrected chi connectivity index (χ3v) is 8.13. The summed E-state index contributed by atoms with van der Waals surface area (Å²) < 4.78 is 33.0. The Kier molecular flexibility index (Phi) is 7.39. The van der Waals surface area contributed by atoms with Gasteiger partial charge in [-0.15, -0.1) is 0 Å². The van der Waals surface area contributed by atoms with E-state index in [1.807, 2.05) is 12.1 Å². The molecule has 5 rings (SSSR count). The Morgan fingerprint density at radius 1 is 1.18 bits per heavy atom. The van der Waals surface area contributed by atoms with Gasteiger partial charge in [0, 0.05) is 20.1 Å². The molecule has 1 unspecified atom stereocenters. The number of hydrogen-bond donors (Lipinski definition) is 1. The van der Waals surface area contributed by atoms with Gasteiger partial charge in [0.15, 0.2) is 23.2 Å². The first kappa shape index (κ1) is 26.5. The summed E-state index contributed by atoms with van der Waals surface area (Å²) in [5.41, 5.74) is -0.416. The standard InChI is InChI=1S/C28H35NO9/c1-33-12-5-4-9-28(32,16-23(30)35-3)26(31)38-25-22(34-2)15-27-8-6-10-29(27)11-7-18-13-20-21(37-17-36-20)14-19(18)24(25)27/h4-5,13-15,24-25,32H,6-12,16-17H2,1-3H3/b5-4+/t24?,25-,27+,28-/m1/s1. The summed E-state index contributed by atoms with van der Waals surface area (Å²) in [5.74, 6) is -0.0256. The van der Waals surface area contributed by atoms with E-state index in [0.29, 0.717) is 23.9 Å². The minimum atomic E-state index is -2.12. The number of benzene rings is 1. The van der Waals surface area contributed by atoms with Crippen molar-refractivity contribution >= 4 is 11.9 Å². The normalized spacial score (nSPS) is 27.1. The van der Waals surface area contributed by atoms with Crippen LogP contribution in [0.15, 0.2) is 36.1 Å². The van der Waals surface area contributed by atoms with E-state index in [0.717, 1.165) is 43.5 Å². The third-order valence-electron chi connectivity index (χ3n) is 8.13. The minimum Gasteiger partial charge on any atom is -0.497 e. The Morgan fingerprint density at radius 3 is 2.71 bits per heavy atom. The lowest BCUT2D eigenvalue weighted by atomic mass is 9.77. The van der Waals surface area contributed by atoms with E-state index >= 15 is 0 Å². The molecule has 0 bridgehead atoms. The van der Waals surface area contributed by atoms with Gasteiger partial charge in [0.1, 0.15) is 5.76 Å². The van der Waals surface area contributed by atoms with Crippen LogP contribution in [0.25, 0.3) is 0 Å². The summed E-state index contributed by atoms with van der Waals surface area (Å²) in [5, 5.41) is 11.4. The van der Waals surface area contributed by atoms with Crippen LogP contribution < -0.4 is 9.47 Å². The fourth-order valence-electron chi connectivity index (χ4n) is 6.30. The molecule has 38 heavy (non-hydrogen) atoms. The molecule has 4 aliphatic rings. The van der Waals surface area contributed by atoms with E-state index in [1.165, 1.54) is 14.2 Å². The molecular weight excluding hydrogens is 494 g/mol. The van der Waals surface area contributed by atoms with Crippen LogP contribution >= 0.6 is 0 Å². The first-order valence-corrected chi connectivity index (χ1v) is 12.9. The van der Waals surface area contributed by atoms with Gasteiger partial charge >= 0.3 is 11.9 Å². The lowest BCUT2D eigenvalue weighted by Crippen LogP contribution is -2.49. The number of ether oxygens (including phenoxy) is 6. The Bertz CT molecular complexity index is 1150. The average Bonchev–Trinajstić information content (AvgIpc) is 3.60. The maximum Gasteiger partial charge on any atom is 0.339 e. The van der Waals surface area contributed by atoms with Gasteiger partial charge in [0.2, 0.25) is 6.79 Å². The summed E-state index contributed by atoms with van der Waals surface area (Å²) in [4.78, 5) is 28.3. The smallest absolute Gasteiger partial charge is 0.339 e. The molecule has 1 aliphatic carbocycles. The average molecular weight is 530 g/mol. The van der Waals surface area contributed by atoms with Gasteiger partial charge in [-0.3, -0.25) is 9.69 Å². The molecule has 0 amide bonds. The van der Waals surface area contributed by atoms with Gasteiger partial charge in [-0.25, -0.2) is 4.79 Å². The second-order valence-corrected chi connectivity index (χ2v) is 10.2. The van der Waals surface area contributed by atoms with Crippen LogP contribution in [0, 0.1) is 0 Å². The van der Waals surface area contributed by atoms with Gasteiger partial charge in [-0.1, -0.05) is 12.2 Å². The topological polar surface area (TPSA) is 113 Å². The molecule has 3 heterocycles. The zero-order valence-corrected chi connectivity index (χ0v) is 22.1. The molecule has 4 atom stereocenters. The van der Waals surface area contributed by atoms with Crippen molar-refractivity contribution in [3.8, 4) is 11.5 Å². The lowest BCUT2D eigenvalue weighted by molar-refractivity contribution is -0.177. The highest BCUT2D eigenvalue weighted by molar-refractivity contribution is 5.86. The molecule has 1 aromatic carbocycles. The van der Waals surface area contributed by atoms with E-state index in [4.69, 9.17) is 28.4 Å². The Morgan fingerprint density at radius 2 is 1.97 bits per heavy atom. The van der Waals surface area contributed by atoms with Crippen LogP contribution in [0.4, 0.5) is 0 Å². The molecule has 1 saturated heterocycles. The Balaban J connectivity index is 1.52. The highest BCUT2D eigenvalue weighted by Gasteiger charge is 2.59. The maximum absolute atomic E-state index is 13.7. The predicted octanol–water partition coefficient (Wildman–Crippen LogP) is 2.23. The Labute approximate surface area is 222 Å². The highest BCUT2D eigenvalue weighted by Crippen LogP contribution is 2.55. The van der Waals surface area contributed by atoms with Crippen molar-refractivity contribution in [2.24, 2.45) is 0 Å². The molecule has 1 aromatic rings. The molecule has 1 spiro atoms. The van der Waals surface area contributed by atoms with Crippen molar-refractivity contribution in [1.82, 2.24) is 4.90 Å². The number of carbonyl (C=O) groups excluding carboxylic acids is 2. The monoisotopic (exact) mass is 529 g/mol. The zero-order valence-electron chi connectivity index (χ0n) is 22.1. The Hall–Kier alpha value is -3.08. The number of methoxy groups -OCH3 is 3. The number of aliphatic hydroxyl groups is 1. The number of esters is 2. The van der Waals surface area contributed by atoms with E-state index in [9.17, 15) is 14.7 Å². The summed E-state index contributed by atoms with van der Waals surface area (Å²) >= 11 is 0. The number of fused-ring (bicyclic) bond motifs is 3. The van der Waals surface area contributed by atoms with Gasteiger partial charge in [-0.05, 0) is 55.1 Å². The summed E-state index contributed by atoms with van der Waals surface area (Å²) in [6.07, 6.45) is 6.55. The summed E-state index contributed by atoms with van der Waals surface area (Å²) in [7, 11) is 4.31. The molecule has 1 fully saturated rings. The van der Waals surface area contributed by atoms with Crippen LogP contribution in [-0.4, -0.2) is 87.0 Å². The molecule has 1 N–H and O–H groups in total. The number of rotatable bonds is 9. The van der Waals surface area contributed by atoms with Gasteiger partial charge in [0.25, 0.3) is 0 Å². The zero-order chi connectivity index (χ0) is 26.9. The van der Waals surface area contributed by atoms with Crippen molar-refractivity contribution < 1.29 is 43.1 Å². The molecule has 3 aliphatic heterocycles. The fraction of sp³-hybridized carbons (Fsp3) is 0.571. The van der Waals surface area contributed by atoms with Crippen LogP contribution in [0.3, 0.4) is 0 Å². The van der Waals surface area contributed by atoms with Crippen LogP contribution in [0.1, 0.15) is 42.7 Å². The summed E-state index contributed by atoms with van der Waals surface area (Å²) in [6.45, 7) is 2.23. The van der Waals surface area contributed by atoms with Crippen molar-refractivity contribution in [3.05, 3.63) is 47.2 Å². The maximum atomic E-state index is 13.7. The first-order chi connectivity index (χ1) is 18.3. The molecular formula is C28H35NO9. The lowest BCUT2D eigenvalue weighted by Gasteiger charge is -2.39. The van der Waals surface area contributed by atoms with Gasteiger partial charge in [0.05, 0.1) is 38.7 Å². The van der Waals surface area contributed by atoms with E-state index in [-0.39, 0.29) is 19.1 Å². The second-order valence-electron chi connectivity index (χ2n) is 10.2. The van der Waals surface area contributed by atoms with Crippen molar-refractivity contribution in [3.63, 3.8) is 0 Å². The third kappa shape index (κ3) is 4.54. The predicted molar refractivity (Wildman–Crippen MR) is 135 cm³/mol. The van der Waals surface area contributed by atoms with Crippen LogP contribution in [0.2, 0.25) is 0 Å². The van der Waals surface area contributed by atoms with Crippen molar-refractivity contribution in [1.29, 1.82) is 0 Å². The molecule has 0 saturated carbocycles. The molecule has 0 radical (unpaired) electrons. The largest absolute Gasteiger partial charge is 0.497 e. The number of hydrogen-bond acceptors (Lipinski definition) is 10. The van der Waals surface area contributed by atoms with Crippen molar-refractivity contribution in [2.45, 2.75) is 55.3 Å². The van der Waals surface area contributed by atoms with Crippen LogP contribution in [-0.2, 0) is 35.0 Å². The van der Waals surface area contributed by atoms with Crippen LogP contribution in [0.5, 0.6) is 11.5 Å². The quantitative estimate of drug-likeness (QED) is 0.377. The van der Waals surface area contributed by atoms with E-state index < -0.39 is 35.6 Å². The van der Waals surface area contributed by atoms with E-state index in [1.54, 1.807) is 19.3 Å². The second kappa shape index (κ2) is 10.6. The molecule has 10 nitrogen and oxygen atoms in total. The number of nitrogens with zero attached hydrogens (tertiary/aromatic N) is 1. The molecule has 0 aromatic heterocycles. The fourth-order valence-corrected chi connectivity index (χ4v) is 6.30. The van der Waals surface area contributed by atoms with E-state index in [2.05, 4.69) is 11.0 Å². The van der Waals surface area contributed by atoms with Gasteiger partial charge < -0.3 is 33.5 Å². The highest BCUT2D eigenvalue weighted by atomic mass is 16.7. The van der Waals surface area contributed by atoms with Gasteiger partial charge in [-0.2, -0.15) is 0 Å².